The van der Waals surface area contributed by atoms with Crippen molar-refractivity contribution >= 4 is 16.3 Å². The molecule has 3 heterocycles. The van der Waals surface area contributed by atoms with Crippen molar-refractivity contribution in [2.45, 2.75) is 39.4 Å². The summed E-state index contributed by atoms with van der Waals surface area (Å²) >= 11 is 1.68. The maximum Gasteiger partial charge on any atom is 0.194 e. The van der Waals surface area contributed by atoms with E-state index in [1.165, 1.54) is 11.3 Å². The van der Waals surface area contributed by atoms with Crippen molar-refractivity contribution in [3.63, 3.8) is 0 Å². The highest BCUT2D eigenvalue weighted by Crippen LogP contribution is 2.22. The van der Waals surface area contributed by atoms with Crippen LogP contribution in [0.3, 0.4) is 0 Å². The van der Waals surface area contributed by atoms with Crippen LogP contribution < -0.4 is 4.74 Å². The molecule has 1 fully saturated rings. The van der Waals surface area contributed by atoms with Gasteiger partial charge in [0, 0.05) is 56.9 Å². The SMILES string of the molecule is CCOc1ccc(CN2CCN(Cc3c(C)nc4sccn34)C[C@H]2CCO)cc1. The molecule has 0 spiro atoms. The maximum absolute atomic E-state index is 9.62. The molecule has 0 saturated carbocycles. The lowest BCUT2D eigenvalue weighted by Crippen LogP contribution is -2.52. The first-order chi connectivity index (χ1) is 14.2. The number of aliphatic hydroxyl groups is 1. The molecule has 0 amide bonds. The number of benzene rings is 1. The second kappa shape index (κ2) is 9.26. The van der Waals surface area contributed by atoms with E-state index in [1.807, 2.05) is 19.1 Å². The van der Waals surface area contributed by atoms with Crippen LogP contribution in [0.2, 0.25) is 0 Å². The molecule has 4 rings (SSSR count). The summed E-state index contributed by atoms with van der Waals surface area (Å²) in [5, 5.41) is 11.7. The van der Waals surface area contributed by atoms with Gasteiger partial charge < -0.3 is 9.84 Å². The molecule has 2 aromatic heterocycles. The van der Waals surface area contributed by atoms with E-state index in [2.05, 4.69) is 49.8 Å². The number of hydrogen-bond acceptors (Lipinski definition) is 6. The number of hydrogen-bond donors (Lipinski definition) is 1. The fourth-order valence-corrected chi connectivity index (χ4v) is 4.95. The highest BCUT2D eigenvalue weighted by molar-refractivity contribution is 7.15. The summed E-state index contributed by atoms with van der Waals surface area (Å²) in [7, 11) is 0. The second-order valence-corrected chi connectivity index (χ2v) is 8.52. The summed E-state index contributed by atoms with van der Waals surface area (Å²) in [6.45, 7) is 9.82. The Morgan fingerprint density at radius 2 is 2.03 bits per heavy atom. The van der Waals surface area contributed by atoms with Gasteiger partial charge >= 0.3 is 0 Å². The lowest BCUT2D eigenvalue weighted by Gasteiger charge is -2.41. The minimum absolute atomic E-state index is 0.221. The predicted molar refractivity (Wildman–Crippen MR) is 117 cm³/mol. The van der Waals surface area contributed by atoms with E-state index in [0.717, 1.165) is 55.5 Å². The van der Waals surface area contributed by atoms with Crippen LogP contribution in [0.25, 0.3) is 4.96 Å². The molecule has 0 radical (unpaired) electrons. The van der Waals surface area contributed by atoms with Gasteiger partial charge in [0.1, 0.15) is 5.75 Å². The largest absolute Gasteiger partial charge is 0.494 e. The molecular weight excluding hydrogens is 384 g/mol. The second-order valence-electron chi connectivity index (χ2n) is 7.65. The summed E-state index contributed by atoms with van der Waals surface area (Å²) in [5.41, 5.74) is 3.69. The van der Waals surface area contributed by atoms with E-state index in [0.29, 0.717) is 12.6 Å². The average molecular weight is 415 g/mol. The molecule has 0 aliphatic carbocycles. The van der Waals surface area contributed by atoms with Crippen LogP contribution in [-0.4, -0.2) is 63.2 Å². The Balaban J connectivity index is 1.41. The number of imidazole rings is 1. The first-order valence-corrected chi connectivity index (χ1v) is 11.3. The van der Waals surface area contributed by atoms with Crippen molar-refractivity contribution in [3.05, 3.63) is 52.8 Å². The Hall–Kier alpha value is -1.93. The van der Waals surface area contributed by atoms with Gasteiger partial charge in [0.2, 0.25) is 0 Å². The van der Waals surface area contributed by atoms with Crippen molar-refractivity contribution in [2.75, 3.05) is 32.8 Å². The highest BCUT2D eigenvalue weighted by atomic mass is 32.1. The van der Waals surface area contributed by atoms with Gasteiger partial charge in [-0.25, -0.2) is 4.98 Å². The Morgan fingerprint density at radius 1 is 1.21 bits per heavy atom. The van der Waals surface area contributed by atoms with E-state index < -0.39 is 0 Å². The van der Waals surface area contributed by atoms with Crippen molar-refractivity contribution in [1.82, 2.24) is 19.2 Å². The molecule has 0 bridgehead atoms. The number of ether oxygens (including phenoxy) is 1. The van der Waals surface area contributed by atoms with Crippen LogP contribution in [0.1, 0.15) is 30.3 Å². The highest BCUT2D eigenvalue weighted by Gasteiger charge is 2.27. The van der Waals surface area contributed by atoms with E-state index in [-0.39, 0.29) is 6.61 Å². The monoisotopic (exact) mass is 414 g/mol. The maximum atomic E-state index is 9.62. The molecule has 1 N–H and O–H groups in total. The van der Waals surface area contributed by atoms with Crippen LogP contribution >= 0.6 is 11.3 Å². The topological polar surface area (TPSA) is 53.2 Å². The van der Waals surface area contributed by atoms with Crippen LogP contribution in [0.5, 0.6) is 5.75 Å². The third-order valence-electron chi connectivity index (χ3n) is 5.71. The lowest BCUT2D eigenvalue weighted by atomic mass is 10.1. The zero-order valence-corrected chi connectivity index (χ0v) is 18.1. The van der Waals surface area contributed by atoms with E-state index in [4.69, 9.17) is 4.74 Å². The third-order valence-corrected chi connectivity index (χ3v) is 6.46. The van der Waals surface area contributed by atoms with Crippen molar-refractivity contribution in [3.8, 4) is 5.75 Å². The first-order valence-electron chi connectivity index (χ1n) is 10.4. The summed E-state index contributed by atoms with van der Waals surface area (Å²) in [5.74, 6) is 0.920. The summed E-state index contributed by atoms with van der Waals surface area (Å²) in [6, 6.07) is 8.74. The number of nitrogens with zero attached hydrogens (tertiary/aromatic N) is 4. The van der Waals surface area contributed by atoms with Crippen LogP contribution in [0.4, 0.5) is 0 Å². The van der Waals surface area contributed by atoms with E-state index in [9.17, 15) is 5.11 Å². The van der Waals surface area contributed by atoms with Crippen molar-refractivity contribution in [1.29, 1.82) is 0 Å². The average Bonchev–Trinajstić information content (AvgIpc) is 3.28. The number of aryl methyl sites for hydroxylation is 1. The molecule has 0 unspecified atom stereocenters. The van der Waals surface area contributed by atoms with Crippen molar-refractivity contribution < 1.29 is 9.84 Å². The molecule has 156 valence electrons. The van der Waals surface area contributed by atoms with Gasteiger partial charge in [-0.15, -0.1) is 11.3 Å². The summed E-state index contributed by atoms with van der Waals surface area (Å²) in [6.07, 6.45) is 2.91. The third kappa shape index (κ3) is 4.64. The lowest BCUT2D eigenvalue weighted by molar-refractivity contribution is 0.0492. The van der Waals surface area contributed by atoms with Gasteiger partial charge in [0.15, 0.2) is 4.96 Å². The zero-order chi connectivity index (χ0) is 20.2. The minimum atomic E-state index is 0.221. The number of fused-ring (bicyclic) bond motifs is 1. The smallest absolute Gasteiger partial charge is 0.194 e. The Morgan fingerprint density at radius 3 is 2.79 bits per heavy atom. The Bertz CT molecular complexity index is 921. The van der Waals surface area contributed by atoms with Crippen LogP contribution in [-0.2, 0) is 13.1 Å². The van der Waals surface area contributed by atoms with Gasteiger partial charge in [-0.05, 0) is 38.0 Å². The quantitative estimate of drug-likeness (QED) is 0.614. The minimum Gasteiger partial charge on any atom is -0.494 e. The Labute approximate surface area is 176 Å². The van der Waals surface area contributed by atoms with Gasteiger partial charge in [-0.1, -0.05) is 12.1 Å². The molecule has 1 aliphatic heterocycles. The van der Waals surface area contributed by atoms with Gasteiger partial charge in [-0.2, -0.15) is 0 Å². The number of thiazole rings is 1. The molecule has 1 atom stereocenters. The standard InChI is InChI=1S/C22H30N4O2S/c1-3-28-20-6-4-18(5-7-20)14-25-10-9-24(15-19(25)8-12-27)16-21-17(2)23-22-26(21)11-13-29-22/h4-7,11,13,19,27H,3,8-10,12,14-16H2,1-2H3/t19-/m1/s1. The fourth-order valence-electron chi connectivity index (χ4n) is 4.17. The van der Waals surface area contributed by atoms with Gasteiger partial charge in [0.05, 0.1) is 18.0 Å². The number of rotatable bonds is 8. The fraction of sp³-hybridized carbons (Fsp3) is 0.500. The number of piperazine rings is 1. The number of aliphatic hydroxyl groups excluding tert-OH is 1. The molecule has 1 saturated heterocycles. The normalized spacial score (nSPS) is 18.5. The van der Waals surface area contributed by atoms with Crippen LogP contribution in [0, 0.1) is 6.92 Å². The molecule has 1 aromatic carbocycles. The summed E-state index contributed by atoms with van der Waals surface area (Å²) < 4.78 is 7.76. The van der Waals surface area contributed by atoms with Gasteiger partial charge in [-0.3, -0.25) is 14.2 Å². The predicted octanol–water partition coefficient (Wildman–Crippen LogP) is 3.17. The van der Waals surface area contributed by atoms with Crippen molar-refractivity contribution in [2.24, 2.45) is 0 Å². The van der Waals surface area contributed by atoms with E-state index >= 15 is 0 Å². The molecule has 6 nitrogen and oxygen atoms in total. The number of aromatic nitrogens is 2. The molecule has 7 heteroatoms. The van der Waals surface area contributed by atoms with Gasteiger partial charge in [0.25, 0.3) is 0 Å². The molecule has 3 aromatic rings. The first kappa shape index (κ1) is 20.3. The molecular formula is C22H30N4O2S. The molecule has 29 heavy (non-hydrogen) atoms. The molecule has 1 aliphatic rings. The summed E-state index contributed by atoms with van der Waals surface area (Å²) in [4.78, 5) is 10.8. The van der Waals surface area contributed by atoms with E-state index in [1.54, 1.807) is 11.3 Å². The zero-order valence-electron chi connectivity index (χ0n) is 17.3. The van der Waals surface area contributed by atoms with Crippen LogP contribution in [0.15, 0.2) is 35.8 Å². The Kier molecular flexibility index (Phi) is 6.50.